The summed E-state index contributed by atoms with van der Waals surface area (Å²) in [7, 11) is 0. The summed E-state index contributed by atoms with van der Waals surface area (Å²) in [4.78, 5) is 2.36. The van der Waals surface area contributed by atoms with Crippen LogP contribution in [-0.2, 0) is 5.41 Å². The molecule has 1 aliphatic carbocycles. The number of furan rings is 1. The maximum atomic E-state index is 6.44. The highest BCUT2D eigenvalue weighted by molar-refractivity contribution is 6.16. The van der Waals surface area contributed by atoms with Crippen molar-refractivity contribution in [2.75, 3.05) is 4.90 Å². The lowest BCUT2D eigenvalue weighted by Gasteiger charge is -2.26. The van der Waals surface area contributed by atoms with Crippen molar-refractivity contribution in [2.24, 2.45) is 0 Å². The maximum absolute atomic E-state index is 6.44. The second-order valence-corrected chi connectivity index (χ2v) is 17.3. The highest BCUT2D eigenvalue weighted by Crippen LogP contribution is 2.52. The number of hydrogen-bond donors (Lipinski definition) is 0. The van der Waals surface area contributed by atoms with Crippen LogP contribution in [0.1, 0.15) is 25.0 Å². The van der Waals surface area contributed by atoms with Crippen LogP contribution in [0.3, 0.4) is 0 Å². The summed E-state index contributed by atoms with van der Waals surface area (Å²) in [6.45, 7) is 4.77. The molecule has 62 heavy (non-hydrogen) atoms. The summed E-state index contributed by atoms with van der Waals surface area (Å²) in [6.07, 6.45) is 0. The normalized spacial score (nSPS) is 13.1. The van der Waals surface area contributed by atoms with E-state index in [9.17, 15) is 0 Å². The van der Waals surface area contributed by atoms with Gasteiger partial charge in [-0.2, -0.15) is 0 Å². The molecule has 2 heterocycles. The van der Waals surface area contributed by atoms with E-state index in [-0.39, 0.29) is 5.41 Å². The first kappa shape index (κ1) is 34.9. The molecule has 3 nitrogen and oxygen atoms in total. The number of rotatable bonds is 5. The van der Waals surface area contributed by atoms with Gasteiger partial charge in [0.2, 0.25) is 0 Å². The fraction of sp³-hybridized carbons (Fsp3) is 0.0508. The number of benzene rings is 10. The van der Waals surface area contributed by atoms with Crippen LogP contribution in [0.4, 0.5) is 17.1 Å². The molecule has 0 aliphatic heterocycles. The zero-order chi connectivity index (χ0) is 41.1. The largest absolute Gasteiger partial charge is 0.456 e. The molecule has 0 radical (unpaired) electrons. The molecule has 0 amide bonds. The molecular formula is C59H40N2O. The molecule has 3 heteroatoms. The second kappa shape index (κ2) is 13.1. The SMILES string of the molecule is CC1(C)c2ccccc2-c2ccc3cc4c(cc3c21)c1cc(-c2cccc(N(c3ccc5ccccc5c3)c3ccc5c(c3)oc3ccccc35)c2)ccc1n4-c1ccccc1. The Kier molecular flexibility index (Phi) is 7.36. The minimum atomic E-state index is -0.117. The molecule has 0 saturated heterocycles. The maximum Gasteiger partial charge on any atom is 0.137 e. The average Bonchev–Trinajstić information content (AvgIpc) is 3.93. The van der Waals surface area contributed by atoms with E-state index in [1.165, 1.54) is 71.2 Å². The lowest BCUT2D eigenvalue weighted by atomic mass is 9.80. The number of aromatic nitrogens is 1. The predicted octanol–water partition coefficient (Wildman–Crippen LogP) is 16.4. The Balaban J connectivity index is 1.01. The van der Waals surface area contributed by atoms with Crippen LogP contribution < -0.4 is 4.90 Å². The summed E-state index contributed by atoms with van der Waals surface area (Å²) in [5.41, 5.74) is 16.2. The van der Waals surface area contributed by atoms with Gasteiger partial charge in [0.05, 0.1) is 11.0 Å². The summed E-state index contributed by atoms with van der Waals surface area (Å²) in [5.74, 6) is 0. The molecule has 1 aliphatic rings. The fourth-order valence-electron chi connectivity index (χ4n) is 10.6. The van der Waals surface area contributed by atoms with Gasteiger partial charge >= 0.3 is 0 Å². The monoisotopic (exact) mass is 792 g/mol. The second-order valence-electron chi connectivity index (χ2n) is 17.3. The van der Waals surface area contributed by atoms with E-state index in [0.717, 1.165) is 50.3 Å². The van der Waals surface area contributed by atoms with Gasteiger partial charge in [0.1, 0.15) is 11.2 Å². The lowest BCUT2D eigenvalue weighted by Crippen LogP contribution is -2.15. The van der Waals surface area contributed by atoms with Crippen LogP contribution in [0.5, 0.6) is 0 Å². The van der Waals surface area contributed by atoms with Crippen molar-refractivity contribution in [2.45, 2.75) is 19.3 Å². The first-order valence-electron chi connectivity index (χ1n) is 21.5. The molecule has 13 rings (SSSR count). The molecule has 0 unspecified atom stereocenters. The van der Waals surface area contributed by atoms with E-state index in [1.54, 1.807) is 0 Å². The van der Waals surface area contributed by atoms with Crippen LogP contribution in [0.2, 0.25) is 0 Å². The van der Waals surface area contributed by atoms with Crippen molar-refractivity contribution in [3.8, 4) is 27.9 Å². The van der Waals surface area contributed by atoms with Crippen LogP contribution >= 0.6 is 0 Å². The van der Waals surface area contributed by atoms with Crippen molar-refractivity contribution in [3.05, 3.63) is 217 Å². The first-order valence-corrected chi connectivity index (χ1v) is 21.5. The smallest absolute Gasteiger partial charge is 0.137 e. The Morgan fingerprint density at radius 3 is 2.03 bits per heavy atom. The Bertz CT molecular complexity index is 3790. The first-order chi connectivity index (χ1) is 30.5. The zero-order valence-corrected chi connectivity index (χ0v) is 34.4. The predicted molar refractivity (Wildman–Crippen MR) is 261 cm³/mol. The van der Waals surface area contributed by atoms with Crippen molar-refractivity contribution >= 4 is 82.4 Å². The minimum Gasteiger partial charge on any atom is -0.456 e. The third kappa shape index (κ3) is 5.12. The third-order valence-corrected chi connectivity index (χ3v) is 13.5. The van der Waals surface area contributed by atoms with Gasteiger partial charge < -0.3 is 13.9 Å². The Morgan fingerprint density at radius 2 is 1.11 bits per heavy atom. The van der Waals surface area contributed by atoms with Crippen molar-refractivity contribution in [1.82, 2.24) is 4.57 Å². The molecular weight excluding hydrogens is 753 g/mol. The van der Waals surface area contributed by atoms with Gasteiger partial charge in [-0.1, -0.05) is 135 Å². The van der Waals surface area contributed by atoms with Gasteiger partial charge in [-0.3, -0.25) is 0 Å². The topological polar surface area (TPSA) is 21.3 Å². The van der Waals surface area contributed by atoms with Gasteiger partial charge in [0, 0.05) is 55.8 Å². The number of hydrogen-bond acceptors (Lipinski definition) is 2. The zero-order valence-electron chi connectivity index (χ0n) is 34.4. The van der Waals surface area contributed by atoms with Crippen LogP contribution in [-0.4, -0.2) is 4.57 Å². The number of fused-ring (bicyclic) bond motifs is 12. The molecule has 0 N–H and O–H groups in total. The van der Waals surface area contributed by atoms with E-state index in [1.807, 2.05) is 12.1 Å². The van der Waals surface area contributed by atoms with Crippen LogP contribution in [0.25, 0.3) is 93.2 Å². The minimum absolute atomic E-state index is 0.117. The number of anilines is 3. The Morgan fingerprint density at radius 1 is 0.403 bits per heavy atom. The molecule has 0 saturated carbocycles. The van der Waals surface area contributed by atoms with E-state index < -0.39 is 0 Å². The summed E-state index contributed by atoms with van der Waals surface area (Å²) < 4.78 is 8.88. The Hall–Kier alpha value is -7.88. The molecule has 0 spiro atoms. The molecule has 0 fully saturated rings. The molecule has 292 valence electrons. The number of para-hydroxylation sites is 2. The quantitative estimate of drug-likeness (QED) is 0.173. The van der Waals surface area contributed by atoms with Gasteiger partial charge in [-0.25, -0.2) is 0 Å². The summed E-state index contributed by atoms with van der Waals surface area (Å²) >= 11 is 0. The third-order valence-electron chi connectivity index (χ3n) is 13.5. The molecule has 10 aromatic carbocycles. The Labute approximate surface area is 359 Å². The van der Waals surface area contributed by atoms with E-state index in [4.69, 9.17) is 4.42 Å². The lowest BCUT2D eigenvalue weighted by molar-refractivity contribution is 0.666. The highest BCUT2D eigenvalue weighted by atomic mass is 16.3. The fourth-order valence-corrected chi connectivity index (χ4v) is 10.6. The molecule has 0 bridgehead atoms. The van der Waals surface area contributed by atoms with Gasteiger partial charge in [0.25, 0.3) is 0 Å². The van der Waals surface area contributed by atoms with Crippen LogP contribution in [0, 0.1) is 0 Å². The van der Waals surface area contributed by atoms with E-state index in [2.05, 4.69) is 217 Å². The standard InChI is InChI=1S/C59H40N2O/c1-59(2)53-21-10-8-19-46(53)49-28-24-41-34-55-52(36-50(41)58(49)59)51-33-40(25-30-54(51)61(55)42-16-4-3-5-17-42)39-15-12-18-43(32-39)60(44-26-23-37-13-6-7-14-38(37)31-44)45-27-29-48-47-20-9-11-22-56(47)62-57(48)35-45/h3-36H,1-2H3. The van der Waals surface area contributed by atoms with E-state index in [0.29, 0.717) is 0 Å². The summed E-state index contributed by atoms with van der Waals surface area (Å²) in [5, 5.41) is 9.73. The van der Waals surface area contributed by atoms with Gasteiger partial charge in [-0.05, 0) is 134 Å². The average molecular weight is 793 g/mol. The molecule has 0 atom stereocenters. The summed E-state index contributed by atoms with van der Waals surface area (Å²) in [6, 6.07) is 75.5. The number of nitrogens with zero attached hydrogens (tertiary/aromatic N) is 2. The van der Waals surface area contributed by atoms with Gasteiger partial charge in [0.15, 0.2) is 0 Å². The van der Waals surface area contributed by atoms with E-state index >= 15 is 0 Å². The highest BCUT2D eigenvalue weighted by Gasteiger charge is 2.36. The van der Waals surface area contributed by atoms with Crippen molar-refractivity contribution in [3.63, 3.8) is 0 Å². The van der Waals surface area contributed by atoms with Crippen molar-refractivity contribution < 1.29 is 4.42 Å². The van der Waals surface area contributed by atoms with Gasteiger partial charge in [-0.15, -0.1) is 0 Å². The molecule has 2 aromatic heterocycles. The van der Waals surface area contributed by atoms with Crippen molar-refractivity contribution in [1.29, 1.82) is 0 Å². The van der Waals surface area contributed by atoms with Crippen LogP contribution in [0.15, 0.2) is 211 Å². The molecule has 12 aromatic rings.